The van der Waals surface area contributed by atoms with Crippen LogP contribution in [0.25, 0.3) is 0 Å². The number of aliphatic imine (C=N–C) groups is 1. The molecule has 6 heteroatoms. The van der Waals surface area contributed by atoms with Crippen molar-refractivity contribution in [2.45, 2.75) is 46.2 Å². The molecule has 0 amide bonds. The predicted molar refractivity (Wildman–Crippen MR) is 93.4 cm³/mol. The molecule has 0 aliphatic heterocycles. The fraction of sp³-hybridized carbons (Fsp3) is 0.444. The highest BCUT2D eigenvalue weighted by Crippen LogP contribution is 2.22. The summed E-state index contributed by atoms with van der Waals surface area (Å²) >= 11 is 0. The van der Waals surface area contributed by atoms with Crippen LogP contribution in [0.1, 0.15) is 43.5 Å². The molecule has 130 valence electrons. The zero-order chi connectivity index (χ0) is 17.7. The quantitative estimate of drug-likeness (QED) is 0.666. The molecule has 0 saturated carbocycles. The molecule has 0 bridgehead atoms. The van der Waals surface area contributed by atoms with Gasteiger partial charge in [0.2, 0.25) is 5.89 Å². The van der Waals surface area contributed by atoms with E-state index in [1.54, 1.807) is 26.2 Å². The summed E-state index contributed by atoms with van der Waals surface area (Å²) in [7, 11) is 1.68. The van der Waals surface area contributed by atoms with Gasteiger partial charge in [0.05, 0.1) is 12.7 Å². The van der Waals surface area contributed by atoms with Crippen LogP contribution in [0.3, 0.4) is 0 Å². The molecule has 0 radical (unpaired) electrons. The molecule has 0 atom stereocenters. The third-order valence-corrected chi connectivity index (χ3v) is 3.62. The lowest BCUT2D eigenvalue weighted by atomic mass is 9.94. The Labute approximate surface area is 142 Å². The van der Waals surface area contributed by atoms with Gasteiger partial charge in [-0.2, -0.15) is 0 Å². The summed E-state index contributed by atoms with van der Waals surface area (Å²) in [5.74, 6) is 1.85. The van der Waals surface area contributed by atoms with Gasteiger partial charge in [-0.1, -0.05) is 32.9 Å². The average molecular weight is 332 g/mol. The number of hydrogen-bond donors (Lipinski definition) is 2. The first kappa shape index (κ1) is 18.0. The normalized spacial score (nSPS) is 12.3. The van der Waals surface area contributed by atoms with E-state index in [1.165, 1.54) is 6.07 Å². The molecule has 24 heavy (non-hydrogen) atoms. The van der Waals surface area contributed by atoms with E-state index >= 15 is 0 Å². The number of guanidine groups is 1. The van der Waals surface area contributed by atoms with Crippen molar-refractivity contribution in [2.75, 3.05) is 7.05 Å². The number of aryl methyl sites for hydroxylation is 1. The minimum Gasteiger partial charge on any atom is -0.443 e. The summed E-state index contributed by atoms with van der Waals surface area (Å²) in [4.78, 5) is 8.41. The van der Waals surface area contributed by atoms with Gasteiger partial charge in [-0.3, -0.25) is 4.99 Å². The number of hydrogen-bond acceptors (Lipinski definition) is 3. The van der Waals surface area contributed by atoms with Crippen molar-refractivity contribution in [3.8, 4) is 0 Å². The molecule has 0 saturated heterocycles. The van der Waals surface area contributed by atoms with Gasteiger partial charge in [-0.05, 0) is 24.1 Å². The standard InChI is InChI=1S/C18H25FN4O/c1-12-6-7-13(8-14(12)19)9-22-17(20-5)23-11-16-21-10-15(24-16)18(2,3)4/h6-8,10H,9,11H2,1-5H3,(H2,20,22,23). The molecule has 2 N–H and O–H groups in total. The van der Waals surface area contributed by atoms with Crippen molar-refractivity contribution >= 4 is 5.96 Å². The Balaban J connectivity index is 1.88. The second kappa shape index (κ2) is 7.47. The van der Waals surface area contributed by atoms with Gasteiger partial charge in [-0.15, -0.1) is 0 Å². The van der Waals surface area contributed by atoms with Gasteiger partial charge in [-0.25, -0.2) is 9.37 Å². The summed E-state index contributed by atoms with van der Waals surface area (Å²) in [5, 5.41) is 6.28. The van der Waals surface area contributed by atoms with Crippen LogP contribution in [0.4, 0.5) is 4.39 Å². The molecule has 1 heterocycles. The van der Waals surface area contributed by atoms with E-state index in [4.69, 9.17) is 4.42 Å². The number of rotatable bonds is 4. The molecule has 0 spiro atoms. The summed E-state index contributed by atoms with van der Waals surface area (Å²) in [5.41, 5.74) is 1.42. The lowest BCUT2D eigenvalue weighted by Gasteiger charge is -2.13. The second-order valence-corrected chi connectivity index (χ2v) is 6.73. The van der Waals surface area contributed by atoms with E-state index in [-0.39, 0.29) is 11.2 Å². The summed E-state index contributed by atoms with van der Waals surface area (Å²) in [6.07, 6.45) is 1.75. The van der Waals surface area contributed by atoms with Crippen LogP contribution < -0.4 is 10.6 Å². The van der Waals surface area contributed by atoms with Crippen LogP contribution >= 0.6 is 0 Å². The molecule has 1 aromatic carbocycles. The van der Waals surface area contributed by atoms with Gasteiger partial charge in [0.15, 0.2) is 5.96 Å². The first-order chi connectivity index (χ1) is 11.3. The minimum absolute atomic E-state index is 0.0688. The van der Waals surface area contributed by atoms with Gasteiger partial charge in [0, 0.05) is 19.0 Å². The topological polar surface area (TPSA) is 62.5 Å². The van der Waals surface area contributed by atoms with Crippen molar-refractivity contribution in [1.29, 1.82) is 0 Å². The minimum atomic E-state index is -0.202. The maximum absolute atomic E-state index is 13.6. The number of aromatic nitrogens is 1. The Hall–Kier alpha value is -2.37. The highest BCUT2D eigenvalue weighted by Gasteiger charge is 2.19. The number of nitrogens with zero attached hydrogens (tertiary/aromatic N) is 2. The SMILES string of the molecule is CN=C(NCc1ccc(C)c(F)c1)NCc1ncc(C(C)(C)C)o1. The highest BCUT2D eigenvalue weighted by atomic mass is 19.1. The molecule has 2 aromatic rings. The van der Waals surface area contributed by atoms with Crippen molar-refractivity contribution in [3.63, 3.8) is 0 Å². The zero-order valence-electron chi connectivity index (χ0n) is 14.9. The molecule has 0 aliphatic rings. The number of oxazole rings is 1. The van der Waals surface area contributed by atoms with E-state index in [2.05, 4.69) is 41.4 Å². The van der Waals surface area contributed by atoms with Crippen LogP contribution in [-0.2, 0) is 18.5 Å². The van der Waals surface area contributed by atoms with Crippen LogP contribution in [0.15, 0.2) is 33.8 Å². The molecule has 1 aromatic heterocycles. The molecular weight excluding hydrogens is 307 g/mol. The number of nitrogens with one attached hydrogen (secondary N) is 2. The van der Waals surface area contributed by atoms with Crippen LogP contribution in [0.2, 0.25) is 0 Å². The van der Waals surface area contributed by atoms with E-state index in [0.29, 0.717) is 30.5 Å². The van der Waals surface area contributed by atoms with Gasteiger partial charge < -0.3 is 15.1 Å². The molecule has 2 rings (SSSR count). The van der Waals surface area contributed by atoms with Crippen LogP contribution in [0, 0.1) is 12.7 Å². The Kier molecular flexibility index (Phi) is 5.59. The lowest BCUT2D eigenvalue weighted by molar-refractivity contribution is 0.379. The first-order valence-electron chi connectivity index (χ1n) is 7.94. The Morgan fingerprint density at radius 2 is 1.96 bits per heavy atom. The van der Waals surface area contributed by atoms with E-state index in [9.17, 15) is 4.39 Å². The Morgan fingerprint density at radius 1 is 1.25 bits per heavy atom. The zero-order valence-corrected chi connectivity index (χ0v) is 14.9. The fourth-order valence-corrected chi connectivity index (χ4v) is 2.05. The smallest absolute Gasteiger partial charge is 0.213 e. The van der Waals surface area contributed by atoms with Crippen LogP contribution in [-0.4, -0.2) is 18.0 Å². The Bertz CT molecular complexity index is 716. The highest BCUT2D eigenvalue weighted by molar-refractivity contribution is 5.79. The molecule has 5 nitrogen and oxygen atoms in total. The number of benzene rings is 1. The lowest BCUT2D eigenvalue weighted by Crippen LogP contribution is -2.36. The van der Waals surface area contributed by atoms with Crippen molar-refractivity contribution < 1.29 is 8.81 Å². The van der Waals surface area contributed by atoms with Gasteiger partial charge in [0.1, 0.15) is 11.6 Å². The predicted octanol–water partition coefficient (Wildman–Crippen LogP) is 3.28. The maximum Gasteiger partial charge on any atom is 0.213 e. The fourth-order valence-electron chi connectivity index (χ4n) is 2.05. The summed E-state index contributed by atoms with van der Waals surface area (Å²) in [6.45, 7) is 8.88. The third kappa shape index (κ3) is 4.81. The van der Waals surface area contributed by atoms with E-state index < -0.39 is 0 Å². The largest absolute Gasteiger partial charge is 0.443 e. The summed E-state index contributed by atoms with van der Waals surface area (Å²) in [6, 6.07) is 5.19. The van der Waals surface area contributed by atoms with E-state index in [1.807, 2.05) is 6.07 Å². The monoisotopic (exact) mass is 332 g/mol. The maximum atomic E-state index is 13.6. The average Bonchev–Trinajstić information content (AvgIpc) is 3.00. The Morgan fingerprint density at radius 3 is 2.54 bits per heavy atom. The van der Waals surface area contributed by atoms with Gasteiger partial charge >= 0.3 is 0 Å². The molecular formula is C18H25FN4O. The number of halogens is 1. The summed E-state index contributed by atoms with van der Waals surface area (Å²) < 4.78 is 19.3. The molecule has 0 fully saturated rings. The van der Waals surface area contributed by atoms with E-state index in [0.717, 1.165) is 11.3 Å². The second-order valence-electron chi connectivity index (χ2n) is 6.73. The van der Waals surface area contributed by atoms with Crippen molar-refractivity contribution in [2.24, 2.45) is 4.99 Å². The third-order valence-electron chi connectivity index (χ3n) is 3.62. The molecule has 0 unspecified atom stereocenters. The first-order valence-corrected chi connectivity index (χ1v) is 7.94. The van der Waals surface area contributed by atoms with Crippen molar-refractivity contribution in [1.82, 2.24) is 15.6 Å². The van der Waals surface area contributed by atoms with Crippen LogP contribution in [0.5, 0.6) is 0 Å². The van der Waals surface area contributed by atoms with Gasteiger partial charge in [0.25, 0.3) is 0 Å². The van der Waals surface area contributed by atoms with Crippen molar-refractivity contribution in [3.05, 3.63) is 53.0 Å². The molecule has 0 aliphatic carbocycles.